The van der Waals surface area contributed by atoms with Crippen LogP contribution in [0.1, 0.15) is 26.0 Å². The van der Waals surface area contributed by atoms with E-state index in [1.54, 1.807) is 13.0 Å². The Labute approximate surface area is 100 Å². The molecular formula is C11H19N3O3. The fraction of sp³-hybridized carbons (Fsp3) is 0.636. The maximum atomic E-state index is 11.6. The van der Waals surface area contributed by atoms with Crippen LogP contribution in [-0.4, -0.2) is 28.9 Å². The van der Waals surface area contributed by atoms with Gasteiger partial charge in [-0.3, -0.25) is 5.32 Å². The Kier molecular flexibility index (Phi) is 4.96. The van der Waals surface area contributed by atoms with Crippen LogP contribution < -0.4 is 10.6 Å². The first-order valence-corrected chi connectivity index (χ1v) is 5.63. The summed E-state index contributed by atoms with van der Waals surface area (Å²) in [5.74, 6) is 0.696. The van der Waals surface area contributed by atoms with Gasteiger partial charge in [-0.05, 0) is 19.3 Å². The summed E-state index contributed by atoms with van der Waals surface area (Å²) in [7, 11) is 0. The van der Waals surface area contributed by atoms with Crippen molar-refractivity contribution in [1.29, 1.82) is 0 Å². The lowest BCUT2D eigenvalue weighted by atomic mass is 10.0. The van der Waals surface area contributed by atoms with E-state index in [2.05, 4.69) is 15.8 Å². The van der Waals surface area contributed by atoms with E-state index < -0.39 is 6.03 Å². The van der Waals surface area contributed by atoms with E-state index in [0.29, 0.717) is 17.5 Å². The molecule has 0 aromatic carbocycles. The molecule has 6 heteroatoms. The second-order valence-electron chi connectivity index (χ2n) is 4.44. The van der Waals surface area contributed by atoms with E-state index in [1.807, 2.05) is 13.8 Å². The molecule has 1 rings (SSSR count). The number of amides is 2. The molecule has 1 heterocycles. The van der Waals surface area contributed by atoms with Gasteiger partial charge in [0, 0.05) is 6.07 Å². The molecule has 1 unspecified atom stereocenters. The van der Waals surface area contributed by atoms with Gasteiger partial charge in [0.1, 0.15) is 0 Å². The Hall–Kier alpha value is -1.56. The Balaban J connectivity index is 2.42. The number of aliphatic hydroxyl groups excluding tert-OH is 1. The summed E-state index contributed by atoms with van der Waals surface area (Å²) in [6, 6.07) is 0.968. The van der Waals surface area contributed by atoms with Crippen LogP contribution in [0.15, 0.2) is 10.6 Å². The van der Waals surface area contributed by atoms with Gasteiger partial charge in [-0.25, -0.2) is 4.79 Å². The number of aryl methyl sites for hydroxylation is 1. The molecule has 0 saturated heterocycles. The largest absolute Gasteiger partial charge is 0.394 e. The van der Waals surface area contributed by atoms with Gasteiger partial charge in [-0.1, -0.05) is 19.0 Å². The number of carbonyl (C=O) groups excluding carboxylic acids is 1. The molecule has 0 aliphatic rings. The molecule has 17 heavy (non-hydrogen) atoms. The number of hydrogen-bond donors (Lipinski definition) is 3. The minimum atomic E-state index is -0.402. The van der Waals surface area contributed by atoms with Crippen molar-refractivity contribution in [1.82, 2.24) is 10.5 Å². The highest BCUT2D eigenvalue weighted by atomic mass is 16.5. The van der Waals surface area contributed by atoms with Gasteiger partial charge in [0.15, 0.2) is 0 Å². The summed E-state index contributed by atoms with van der Waals surface area (Å²) in [5, 5.41) is 17.9. The third kappa shape index (κ3) is 4.86. The van der Waals surface area contributed by atoms with E-state index in [4.69, 9.17) is 9.63 Å². The molecule has 3 N–H and O–H groups in total. The average Bonchev–Trinajstić information content (AvgIpc) is 2.62. The number of aliphatic hydroxyl groups is 1. The highest BCUT2D eigenvalue weighted by molar-refractivity contribution is 5.87. The fourth-order valence-corrected chi connectivity index (χ4v) is 1.50. The summed E-state index contributed by atoms with van der Waals surface area (Å²) >= 11 is 0. The number of urea groups is 1. The highest BCUT2D eigenvalue weighted by Crippen LogP contribution is 2.08. The van der Waals surface area contributed by atoms with Crippen LogP contribution in [-0.2, 0) is 0 Å². The van der Waals surface area contributed by atoms with Crippen molar-refractivity contribution in [2.24, 2.45) is 5.92 Å². The van der Waals surface area contributed by atoms with Gasteiger partial charge in [0.2, 0.25) is 5.88 Å². The van der Waals surface area contributed by atoms with Gasteiger partial charge in [-0.2, -0.15) is 0 Å². The zero-order chi connectivity index (χ0) is 12.8. The molecule has 0 aliphatic carbocycles. The lowest BCUT2D eigenvalue weighted by Crippen LogP contribution is -2.40. The van der Waals surface area contributed by atoms with E-state index >= 15 is 0 Å². The van der Waals surface area contributed by atoms with Crippen molar-refractivity contribution in [3.63, 3.8) is 0 Å². The van der Waals surface area contributed by atoms with Crippen LogP contribution in [0.2, 0.25) is 0 Å². The number of rotatable bonds is 5. The van der Waals surface area contributed by atoms with Crippen molar-refractivity contribution in [3.05, 3.63) is 11.8 Å². The minimum Gasteiger partial charge on any atom is -0.394 e. The lowest BCUT2D eigenvalue weighted by molar-refractivity contribution is 0.213. The molecule has 2 amide bonds. The predicted octanol–water partition coefficient (Wildman–Crippen LogP) is 1.51. The van der Waals surface area contributed by atoms with E-state index in [0.717, 1.165) is 6.42 Å². The molecule has 0 aliphatic heterocycles. The van der Waals surface area contributed by atoms with E-state index in [9.17, 15) is 4.79 Å². The van der Waals surface area contributed by atoms with Crippen LogP contribution in [0.4, 0.5) is 10.7 Å². The Morgan fingerprint density at radius 2 is 2.29 bits per heavy atom. The van der Waals surface area contributed by atoms with Gasteiger partial charge in [0.05, 0.1) is 18.3 Å². The smallest absolute Gasteiger partial charge is 0.321 e. The highest BCUT2D eigenvalue weighted by Gasteiger charge is 2.14. The molecule has 0 saturated carbocycles. The molecule has 0 bridgehead atoms. The van der Waals surface area contributed by atoms with Gasteiger partial charge >= 0.3 is 6.03 Å². The Bertz CT molecular complexity index is 363. The summed E-state index contributed by atoms with van der Waals surface area (Å²) in [6.07, 6.45) is 0.722. The predicted molar refractivity (Wildman–Crippen MR) is 63.7 cm³/mol. The van der Waals surface area contributed by atoms with Crippen LogP contribution in [0.5, 0.6) is 0 Å². The molecular weight excluding hydrogens is 222 g/mol. The first-order valence-electron chi connectivity index (χ1n) is 5.63. The van der Waals surface area contributed by atoms with Crippen molar-refractivity contribution >= 4 is 11.9 Å². The monoisotopic (exact) mass is 241 g/mol. The topological polar surface area (TPSA) is 87.4 Å². The van der Waals surface area contributed by atoms with Crippen LogP contribution in [0, 0.1) is 12.8 Å². The molecule has 1 atom stereocenters. The minimum absolute atomic E-state index is 0.0823. The zero-order valence-corrected chi connectivity index (χ0v) is 10.4. The van der Waals surface area contributed by atoms with Gasteiger partial charge in [0.25, 0.3) is 0 Å². The number of aromatic nitrogens is 1. The summed E-state index contributed by atoms with van der Waals surface area (Å²) in [5.41, 5.74) is 0.696. The normalized spacial score (nSPS) is 12.5. The maximum absolute atomic E-state index is 11.6. The van der Waals surface area contributed by atoms with Crippen LogP contribution >= 0.6 is 0 Å². The summed E-state index contributed by atoms with van der Waals surface area (Å²) in [4.78, 5) is 11.6. The second-order valence-corrected chi connectivity index (χ2v) is 4.44. The summed E-state index contributed by atoms with van der Waals surface area (Å²) in [6.45, 7) is 5.74. The lowest BCUT2D eigenvalue weighted by Gasteiger charge is -2.17. The Morgan fingerprint density at radius 3 is 2.76 bits per heavy atom. The molecule has 1 aromatic rings. The third-order valence-electron chi connectivity index (χ3n) is 2.18. The molecule has 0 fully saturated rings. The van der Waals surface area contributed by atoms with Crippen molar-refractivity contribution in [2.75, 3.05) is 11.9 Å². The molecule has 0 spiro atoms. The molecule has 6 nitrogen and oxygen atoms in total. The van der Waals surface area contributed by atoms with Crippen LogP contribution in [0.3, 0.4) is 0 Å². The number of anilines is 1. The second kappa shape index (κ2) is 6.24. The van der Waals surface area contributed by atoms with Crippen molar-refractivity contribution < 1.29 is 14.4 Å². The zero-order valence-electron chi connectivity index (χ0n) is 10.4. The van der Waals surface area contributed by atoms with Crippen molar-refractivity contribution in [2.45, 2.75) is 33.2 Å². The molecule has 1 aromatic heterocycles. The first kappa shape index (κ1) is 13.5. The first-order chi connectivity index (χ1) is 8.01. The number of nitrogens with zero attached hydrogens (tertiary/aromatic N) is 1. The quantitative estimate of drug-likeness (QED) is 0.729. The SMILES string of the molecule is Cc1cc(NC(=O)NC(CO)CC(C)C)on1. The maximum Gasteiger partial charge on any atom is 0.321 e. The van der Waals surface area contributed by atoms with Crippen molar-refractivity contribution in [3.8, 4) is 0 Å². The number of hydrogen-bond acceptors (Lipinski definition) is 4. The average molecular weight is 241 g/mol. The third-order valence-corrected chi connectivity index (χ3v) is 2.18. The van der Waals surface area contributed by atoms with Crippen LogP contribution in [0.25, 0.3) is 0 Å². The fourth-order valence-electron chi connectivity index (χ4n) is 1.50. The number of carbonyl (C=O) groups is 1. The van der Waals surface area contributed by atoms with E-state index in [1.165, 1.54) is 0 Å². The summed E-state index contributed by atoms with van der Waals surface area (Å²) < 4.78 is 4.85. The van der Waals surface area contributed by atoms with Gasteiger partial charge in [-0.15, -0.1) is 0 Å². The molecule has 96 valence electrons. The number of nitrogens with one attached hydrogen (secondary N) is 2. The van der Waals surface area contributed by atoms with Gasteiger partial charge < -0.3 is 14.9 Å². The Morgan fingerprint density at radius 1 is 1.59 bits per heavy atom. The molecule has 0 radical (unpaired) electrons. The van der Waals surface area contributed by atoms with E-state index in [-0.39, 0.29) is 12.6 Å². The standard InChI is InChI=1S/C11H19N3O3/c1-7(2)4-9(6-15)12-11(16)13-10-5-8(3)14-17-10/h5,7,9,15H,4,6H2,1-3H3,(H2,12,13,16).